The van der Waals surface area contributed by atoms with Crippen molar-refractivity contribution in [3.8, 4) is 5.75 Å². The van der Waals surface area contributed by atoms with Crippen molar-refractivity contribution >= 4 is 5.91 Å². The molecule has 1 aliphatic rings. The van der Waals surface area contributed by atoms with E-state index in [-0.39, 0.29) is 12.0 Å². The third-order valence-corrected chi connectivity index (χ3v) is 3.14. The molecule has 0 heterocycles. The number of hydrogen-bond donors (Lipinski definition) is 2. The molecular weight excluding hydrogens is 230 g/mol. The number of hydrogen-bond acceptors (Lipinski definition) is 3. The van der Waals surface area contributed by atoms with Crippen LogP contribution in [0.25, 0.3) is 0 Å². The predicted molar refractivity (Wildman–Crippen MR) is 68.3 cm³/mol. The van der Waals surface area contributed by atoms with Gasteiger partial charge in [-0.3, -0.25) is 4.79 Å². The van der Waals surface area contributed by atoms with Gasteiger partial charge in [-0.05, 0) is 30.9 Å². The van der Waals surface area contributed by atoms with Gasteiger partial charge in [0.1, 0.15) is 5.75 Å². The zero-order valence-electron chi connectivity index (χ0n) is 10.3. The van der Waals surface area contributed by atoms with Gasteiger partial charge in [-0.15, -0.1) is 0 Å². The van der Waals surface area contributed by atoms with Crippen molar-refractivity contribution < 1.29 is 14.6 Å². The maximum atomic E-state index is 11.5. The van der Waals surface area contributed by atoms with Crippen LogP contribution in [-0.2, 0) is 4.79 Å². The Hall–Kier alpha value is -1.55. The summed E-state index contributed by atoms with van der Waals surface area (Å²) < 4.78 is 5.44. The van der Waals surface area contributed by atoms with E-state index >= 15 is 0 Å². The van der Waals surface area contributed by atoms with Crippen LogP contribution in [0.3, 0.4) is 0 Å². The molecule has 0 aliphatic heterocycles. The number of para-hydroxylation sites is 1. The Morgan fingerprint density at radius 2 is 2.06 bits per heavy atom. The molecule has 1 aromatic rings. The summed E-state index contributed by atoms with van der Waals surface area (Å²) >= 11 is 0. The van der Waals surface area contributed by atoms with Crippen LogP contribution < -0.4 is 10.1 Å². The molecule has 0 unspecified atom stereocenters. The normalized spacial score (nSPS) is 22.1. The Balaban J connectivity index is 1.55. The molecular formula is C14H19NO3. The minimum Gasteiger partial charge on any atom is -0.493 e. The molecule has 98 valence electrons. The number of amides is 1. The van der Waals surface area contributed by atoms with Gasteiger partial charge in [0.25, 0.3) is 0 Å². The van der Waals surface area contributed by atoms with E-state index in [1.54, 1.807) is 0 Å². The molecule has 4 heteroatoms. The lowest BCUT2D eigenvalue weighted by Gasteiger charge is -2.31. The number of carbonyl (C=O) groups excluding carboxylic acids is 1. The smallest absolute Gasteiger partial charge is 0.223 e. The van der Waals surface area contributed by atoms with E-state index in [4.69, 9.17) is 9.84 Å². The van der Waals surface area contributed by atoms with Gasteiger partial charge in [0.05, 0.1) is 19.1 Å². The highest BCUT2D eigenvalue weighted by atomic mass is 16.5. The summed E-state index contributed by atoms with van der Waals surface area (Å²) in [5.74, 6) is 1.23. The van der Waals surface area contributed by atoms with Crippen LogP contribution in [0.15, 0.2) is 30.3 Å². The van der Waals surface area contributed by atoms with Gasteiger partial charge >= 0.3 is 0 Å². The standard InChI is InChI=1S/C14H19NO3/c16-12-8-11(9-12)10-15-14(17)6-7-18-13-4-2-1-3-5-13/h1-5,11-12,16H,6-10H2,(H,15,17). The number of benzene rings is 1. The maximum absolute atomic E-state index is 11.5. The van der Waals surface area contributed by atoms with E-state index in [1.165, 1.54) is 0 Å². The monoisotopic (exact) mass is 249 g/mol. The van der Waals surface area contributed by atoms with Gasteiger partial charge in [0.2, 0.25) is 5.91 Å². The molecule has 1 aliphatic carbocycles. The van der Waals surface area contributed by atoms with Crippen molar-refractivity contribution in [3.05, 3.63) is 30.3 Å². The summed E-state index contributed by atoms with van der Waals surface area (Å²) in [7, 11) is 0. The van der Waals surface area contributed by atoms with E-state index in [1.807, 2.05) is 30.3 Å². The highest BCUT2D eigenvalue weighted by molar-refractivity contribution is 5.75. The highest BCUT2D eigenvalue weighted by Gasteiger charge is 2.26. The topological polar surface area (TPSA) is 58.6 Å². The van der Waals surface area contributed by atoms with E-state index in [0.29, 0.717) is 25.5 Å². The van der Waals surface area contributed by atoms with Crippen LogP contribution in [0.2, 0.25) is 0 Å². The number of nitrogens with one attached hydrogen (secondary N) is 1. The Kier molecular flexibility index (Phi) is 4.59. The lowest BCUT2D eigenvalue weighted by molar-refractivity contribution is -0.122. The van der Waals surface area contributed by atoms with Crippen LogP contribution in [-0.4, -0.2) is 30.3 Å². The number of aliphatic hydroxyl groups excluding tert-OH is 1. The second kappa shape index (κ2) is 6.40. The fourth-order valence-electron chi connectivity index (χ4n) is 1.99. The quantitative estimate of drug-likeness (QED) is 0.800. The van der Waals surface area contributed by atoms with Gasteiger partial charge in [0, 0.05) is 6.54 Å². The number of carbonyl (C=O) groups is 1. The first-order valence-corrected chi connectivity index (χ1v) is 6.36. The average Bonchev–Trinajstić information content (AvgIpc) is 2.34. The zero-order chi connectivity index (χ0) is 12.8. The summed E-state index contributed by atoms with van der Waals surface area (Å²) in [6.07, 6.45) is 1.82. The molecule has 18 heavy (non-hydrogen) atoms. The van der Waals surface area contributed by atoms with Gasteiger partial charge < -0.3 is 15.2 Å². The number of ether oxygens (including phenoxy) is 1. The molecule has 0 radical (unpaired) electrons. The third-order valence-electron chi connectivity index (χ3n) is 3.14. The summed E-state index contributed by atoms with van der Waals surface area (Å²) in [5, 5.41) is 12.0. The lowest BCUT2D eigenvalue weighted by atomic mass is 9.82. The SMILES string of the molecule is O=C(CCOc1ccccc1)NCC1CC(O)C1. The average molecular weight is 249 g/mol. The highest BCUT2D eigenvalue weighted by Crippen LogP contribution is 2.25. The Labute approximate surface area is 107 Å². The van der Waals surface area contributed by atoms with E-state index in [0.717, 1.165) is 18.6 Å². The minimum absolute atomic E-state index is 0.00678. The molecule has 2 N–H and O–H groups in total. The fraction of sp³-hybridized carbons (Fsp3) is 0.500. The van der Waals surface area contributed by atoms with Crippen LogP contribution in [0.4, 0.5) is 0 Å². The van der Waals surface area contributed by atoms with Crippen LogP contribution in [0.1, 0.15) is 19.3 Å². The van der Waals surface area contributed by atoms with Gasteiger partial charge in [0.15, 0.2) is 0 Å². The summed E-state index contributed by atoms with van der Waals surface area (Å²) in [6, 6.07) is 9.46. The third kappa shape index (κ3) is 4.04. The molecule has 0 bridgehead atoms. The molecule has 1 saturated carbocycles. The zero-order valence-corrected chi connectivity index (χ0v) is 10.3. The lowest BCUT2D eigenvalue weighted by Crippen LogP contribution is -2.38. The number of rotatable bonds is 6. The minimum atomic E-state index is -0.159. The van der Waals surface area contributed by atoms with Crippen LogP contribution >= 0.6 is 0 Å². The Bertz CT molecular complexity index is 374. The molecule has 0 saturated heterocycles. The van der Waals surface area contributed by atoms with Gasteiger partial charge in [-0.1, -0.05) is 18.2 Å². The van der Waals surface area contributed by atoms with E-state index < -0.39 is 0 Å². The number of aliphatic hydroxyl groups is 1. The molecule has 1 fully saturated rings. The second-order valence-electron chi connectivity index (χ2n) is 4.71. The maximum Gasteiger partial charge on any atom is 0.223 e. The summed E-state index contributed by atoms with van der Waals surface area (Å²) in [5.41, 5.74) is 0. The molecule has 0 aromatic heterocycles. The van der Waals surface area contributed by atoms with Crippen molar-refractivity contribution in [2.75, 3.05) is 13.2 Å². The van der Waals surface area contributed by atoms with Crippen molar-refractivity contribution in [2.45, 2.75) is 25.4 Å². The van der Waals surface area contributed by atoms with Gasteiger partial charge in [-0.25, -0.2) is 0 Å². The molecule has 1 amide bonds. The van der Waals surface area contributed by atoms with Crippen molar-refractivity contribution in [1.82, 2.24) is 5.32 Å². The van der Waals surface area contributed by atoms with Crippen molar-refractivity contribution in [2.24, 2.45) is 5.92 Å². The van der Waals surface area contributed by atoms with Crippen LogP contribution in [0, 0.1) is 5.92 Å². The van der Waals surface area contributed by atoms with Crippen LogP contribution in [0.5, 0.6) is 5.75 Å². The Morgan fingerprint density at radius 3 is 2.72 bits per heavy atom. The largest absolute Gasteiger partial charge is 0.493 e. The van der Waals surface area contributed by atoms with E-state index in [2.05, 4.69) is 5.32 Å². The molecule has 0 spiro atoms. The summed E-state index contributed by atoms with van der Waals surface area (Å²) in [4.78, 5) is 11.5. The molecule has 2 rings (SSSR count). The summed E-state index contributed by atoms with van der Waals surface area (Å²) in [6.45, 7) is 1.06. The molecule has 0 atom stereocenters. The Morgan fingerprint density at radius 1 is 1.33 bits per heavy atom. The predicted octanol–water partition coefficient (Wildman–Crippen LogP) is 1.34. The fourth-order valence-corrected chi connectivity index (χ4v) is 1.99. The van der Waals surface area contributed by atoms with Crippen molar-refractivity contribution in [3.63, 3.8) is 0 Å². The first-order valence-electron chi connectivity index (χ1n) is 6.36. The first-order chi connectivity index (χ1) is 8.74. The first kappa shape index (κ1) is 12.9. The molecule has 1 aromatic carbocycles. The molecule has 4 nitrogen and oxygen atoms in total. The second-order valence-corrected chi connectivity index (χ2v) is 4.71. The van der Waals surface area contributed by atoms with Crippen molar-refractivity contribution in [1.29, 1.82) is 0 Å². The van der Waals surface area contributed by atoms with Gasteiger partial charge in [-0.2, -0.15) is 0 Å². The van der Waals surface area contributed by atoms with E-state index in [9.17, 15) is 4.79 Å².